The first kappa shape index (κ1) is 31.9. The molecule has 2 aromatic carbocycles. The van der Waals surface area contributed by atoms with Gasteiger partial charge in [-0.15, -0.1) is 0 Å². The molecule has 1 aromatic heterocycles. The number of amides is 1. The van der Waals surface area contributed by atoms with Crippen molar-refractivity contribution in [3.05, 3.63) is 83.2 Å². The number of hydrogen-bond donors (Lipinski definition) is 0. The van der Waals surface area contributed by atoms with Gasteiger partial charge in [0.25, 0.3) is 12.3 Å². The lowest BCUT2D eigenvalue weighted by Crippen LogP contribution is -2.67. The van der Waals surface area contributed by atoms with Crippen LogP contribution >= 0.6 is 0 Å². The first-order valence-corrected chi connectivity index (χ1v) is 16.8. The molecule has 1 saturated carbocycles. The zero-order valence-electron chi connectivity index (χ0n) is 26.8. The maximum Gasteiger partial charge on any atom is 0.272 e. The molecular weight excluding hydrogens is 604 g/mol. The van der Waals surface area contributed by atoms with Crippen molar-refractivity contribution in [3.63, 3.8) is 0 Å². The van der Waals surface area contributed by atoms with Crippen molar-refractivity contribution in [1.29, 1.82) is 0 Å². The van der Waals surface area contributed by atoms with Gasteiger partial charge in [0.2, 0.25) is 11.8 Å². The number of aromatic nitrogens is 2. The Morgan fingerprint density at radius 1 is 0.936 bits per heavy atom. The van der Waals surface area contributed by atoms with Crippen molar-refractivity contribution in [1.82, 2.24) is 24.7 Å². The van der Waals surface area contributed by atoms with Crippen LogP contribution in [0.25, 0.3) is 0 Å². The lowest BCUT2D eigenvalue weighted by atomic mass is 9.81. The van der Waals surface area contributed by atoms with Crippen LogP contribution in [0.3, 0.4) is 0 Å². The Labute approximate surface area is 274 Å². The van der Waals surface area contributed by atoms with Crippen LogP contribution in [-0.2, 0) is 16.1 Å². The number of benzene rings is 2. The third kappa shape index (κ3) is 7.12. The van der Waals surface area contributed by atoms with Gasteiger partial charge in [-0.05, 0) is 36.8 Å². The van der Waals surface area contributed by atoms with E-state index in [1.807, 2.05) is 17.0 Å². The zero-order valence-corrected chi connectivity index (χ0v) is 26.8. The van der Waals surface area contributed by atoms with E-state index in [-0.39, 0.29) is 41.8 Å². The second-order valence-corrected chi connectivity index (χ2v) is 13.1. The molecule has 3 aliphatic heterocycles. The third-order valence-corrected chi connectivity index (χ3v) is 9.90. The van der Waals surface area contributed by atoms with Crippen molar-refractivity contribution in [2.45, 2.75) is 68.7 Å². The number of hydrogen-bond acceptors (Lipinski definition) is 8. The maximum atomic E-state index is 13.5. The highest BCUT2D eigenvalue weighted by molar-refractivity contribution is 5.81. The molecule has 3 atom stereocenters. The molecule has 11 heteroatoms. The highest BCUT2D eigenvalue weighted by Gasteiger charge is 2.44. The monoisotopic (exact) mass is 647 g/mol. The highest BCUT2D eigenvalue weighted by Crippen LogP contribution is 2.42. The highest BCUT2D eigenvalue weighted by atomic mass is 19.3. The Morgan fingerprint density at radius 3 is 2.26 bits per heavy atom. The number of alkyl halides is 2. The molecule has 7 rings (SSSR count). The average Bonchev–Trinajstić information content (AvgIpc) is 3.81. The number of nitrogens with zero attached hydrogens (tertiary/aromatic N) is 5. The lowest BCUT2D eigenvalue weighted by Gasteiger charge is -2.53. The van der Waals surface area contributed by atoms with E-state index in [1.54, 1.807) is 7.11 Å². The van der Waals surface area contributed by atoms with Gasteiger partial charge in [-0.25, -0.2) is 8.78 Å². The second kappa shape index (κ2) is 14.2. The minimum Gasteiger partial charge on any atom is -0.481 e. The van der Waals surface area contributed by atoms with Crippen molar-refractivity contribution < 1.29 is 27.8 Å². The van der Waals surface area contributed by atoms with Crippen LogP contribution in [-0.4, -0.2) is 108 Å². The number of fused-ring (bicyclic) bond motifs is 1. The Kier molecular flexibility index (Phi) is 9.65. The van der Waals surface area contributed by atoms with Gasteiger partial charge in [0, 0.05) is 69.8 Å². The van der Waals surface area contributed by atoms with Crippen LogP contribution in [0.1, 0.15) is 60.0 Å². The van der Waals surface area contributed by atoms with Crippen LogP contribution in [0.4, 0.5) is 8.78 Å². The fraction of sp³-hybridized carbons (Fsp3) is 0.528. The van der Waals surface area contributed by atoms with Crippen LogP contribution < -0.4 is 9.47 Å². The summed E-state index contributed by atoms with van der Waals surface area (Å²) in [5, 5.41) is 0. The fourth-order valence-corrected chi connectivity index (χ4v) is 7.54. The number of ether oxygens (including phenoxy) is 3. The number of rotatable bonds is 11. The van der Waals surface area contributed by atoms with Gasteiger partial charge in [-0.2, -0.15) is 9.97 Å². The van der Waals surface area contributed by atoms with Gasteiger partial charge in [0.1, 0.15) is 11.9 Å². The van der Waals surface area contributed by atoms with E-state index in [0.717, 1.165) is 32.2 Å². The van der Waals surface area contributed by atoms with E-state index >= 15 is 0 Å². The number of piperazine rings is 2. The van der Waals surface area contributed by atoms with Crippen molar-refractivity contribution >= 4 is 5.91 Å². The summed E-state index contributed by atoms with van der Waals surface area (Å²) in [5.74, 6) is 1.46. The zero-order chi connectivity index (χ0) is 32.3. The SMILES string of the molecule is COc1nc(C2CC2)nc(OCC(F)F)c1CN1CC2CN(C(=O)C3CCCO3)CCN2C(C(c2ccccc2)c2ccccc2)C1. The molecule has 0 radical (unpaired) electrons. The van der Waals surface area contributed by atoms with E-state index < -0.39 is 13.0 Å². The Hall–Kier alpha value is -3.67. The number of carbonyl (C=O) groups excluding carboxylic acids is 1. The van der Waals surface area contributed by atoms with Crippen molar-refractivity contribution in [3.8, 4) is 11.8 Å². The summed E-state index contributed by atoms with van der Waals surface area (Å²) in [6, 6.07) is 21.3. The van der Waals surface area contributed by atoms with Crippen LogP contribution in [0.2, 0.25) is 0 Å². The molecule has 4 fully saturated rings. The summed E-state index contributed by atoms with van der Waals surface area (Å²) < 4.78 is 43.9. The Bertz CT molecular complexity index is 1470. The summed E-state index contributed by atoms with van der Waals surface area (Å²) >= 11 is 0. The van der Waals surface area contributed by atoms with Gasteiger partial charge in [-0.3, -0.25) is 14.6 Å². The van der Waals surface area contributed by atoms with E-state index in [4.69, 9.17) is 19.2 Å². The number of methoxy groups -OCH3 is 1. The lowest BCUT2D eigenvalue weighted by molar-refractivity contribution is -0.146. The molecule has 4 heterocycles. The van der Waals surface area contributed by atoms with Gasteiger partial charge >= 0.3 is 0 Å². The summed E-state index contributed by atoms with van der Waals surface area (Å²) in [6.07, 6.45) is 0.603. The molecule has 47 heavy (non-hydrogen) atoms. The van der Waals surface area contributed by atoms with E-state index in [0.29, 0.717) is 56.6 Å². The summed E-state index contributed by atoms with van der Waals surface area (Å²) in [6.45, 7) is 3.61. The topological polar surface area (TPSA) is 80.3 Å². The molecule has 0 N–H and O–H groups in total. The Morgan fingerprint density at radius 2 is 1.64 bits per heavy atom. The minimum atomic E-state index is -2.63. The van der Waals surface area contributed by atoms with Crippen LogP contribution in [0.5, 0.6) is 11.8 Å². The standard InChI is InChI=1S/C36H43F2N5O4/c1-45-34-28(35(47-23-31(37)38)40-33(39-34)26-14-15-26)21-41-19-27-20-42(36(44)30-13-8-18-46-30)16-17-43(27)29(22-41)32(24-9-4-2-5-10-24)25-11-6-3-7-12-25/h2-7,9-12,26-27,29-32H,8,13-23H2,1H3. The largest absolute Gasteiger partial charge is 0.481 e. The quantitative estimate of drug-likeness (QED) is 0.296. The summed E-state index contributed by atoms with van der Waals surface area (Å²) in [5.41, 5.74) is 3.01. The predicted octanol–water partition coefficient (Wildman–Crippen LogP) is 4.71. The first-order chi connectivity index (χ1) is 23.0. The fourth-order valence-electron chi connectivity index (χ4n) is 7.54. The van der Waals surface area contributed by atoms with Gasteiger partial charge < -0.3 is 19.1 Å². The molecule has 1 aliphatic carbocycles. The Balaban J connectivity index is 1.24. The third-order valence-electron chi connectivity index (χ3n) is 9.90. The van der Waals surface area contributed by atoms with E-state index in [9.17, 15) is 13.6 Å². The van der Waals surface area contributed by atoms with Crippen molar-refractivity contribution in [2.75, 3.05) is 53.0 Å². The molecule has 250 valence electrons. The van der Waals surface area contributed by atoms with Gasteiger partial charge in [0.15, 0.2) is 6.61 Å². The number of halogens is 2. The number of carbonyl (C=O) groups is 1. The summed E-state index contributed by atoms with van der Waals surface area (Å²) in [4.78, 5) is 29.8. The molecule has 1 amide bonds. The maximum absolute atomic E-state index is 13.5. The molecule has 3 unspecified atom stereocenters. The molecule has 3 aromatic rings. The predicted molar refractivity (Wildman–Crippen MR) is 172 cm³/mol. The van der Waals surface area contributed by atoms with Gasteiger partial charge in [-0.1, -0.05) is 60.7 Å². The summed E-state index contributed by atoms with van der Waals surface area (Å²) in [7, 11) is 1.55. The van der Waals surface area contributed by atoms with Gasteiger partial charge in [0.05, 0.1) is 12.7 Å². The van der Waals surface area contributed by atoms with Crippen LogP contribution in [0, 0.1) is 0 Å². The molecule has 9 nitrogen and oxygen atoms in total. The molecule has 3 saturated heterocycles. The smallest absolute Gasteiger partial charge is 0.272 e. The second-order valence-electron chi connectivity index (χ2n) is 13.1. The van der Waals surface area contributed by atoms with Crippen molar-refractivity contribution in [2.24, 2.45) is 0 Å². The molecule has 4 aliphatic rings. The normalized spacial score (nSPS) is 23.7. The average molecular weight is 648 g/mol. The molecular formula is C36H43F2N5O4. The van der Waals surface area contributed by atoms with E-state index in [1.165, 1.54) is 11.1 Å². The molecule has 0 bridgehead atoms. The first-order valence-electron chi connectivity index (χ1n) is 16.8. The van der Waals surface area contributed by atoms with Crippen LogP contribution in [0.15, 0.2) is 60.7 Å². The molecule has 0 spiro atoms. The minimum absolute atomic E-state index is 0.0471. The van der Waals surface area contributed by atoms with E-state index in [2.05, 4.69) is 63.3 Å².